The lowest BCUT2D eigenvalue weighted by atomic mass is 10.1. The van der Waals surface area contributed by atoms with E-state index in [2.05, 4.69) is 5.32 Å². The maximum atomic E-state index is 13.7. The molecule has 2 amide bonds. The van der Waals surface area contributed by atoms with Crippen molar-refractivity contribution in [3.8, 4) is 0 Å². The zero-order valence-corrected chi connectivity index (χ0v) is 10.8. The van der Waals surface area contributed by atoms with Crippen LogP contribution in [0, 0.1) is 17.5 Å². The van der Waals surface area contributed by atoms with Gasteiger partial charge in [0.1, 0.15) is 18.4 Å². The molecule has 0 bridgehead atoms. The minimum atomic E-state index is -1.34. The Kier molecular flexibility index (Phi) is 3.96. The van der Waals surface area contributed by atoms with Crippen molar-refractivity contribution in [1.29, 1.82) is 0 Å². The van der Waals surface area contributed by atoms with E-state index in [0.717, 1.165) is 4.90 Å². The van der Waals surface area contributed by atoms with Crippen molar-refractivity contribution in [1.82, 2.24) is 5.32 Å². The highest BCUT2D eigenvalue weighted by Gasteiger charge is 2.34. The van der Waals surface area contributed by atoms with Crippen LogP contribution in [-0.4, -0.2) is 24.4 Å². The smallest absolute Gasteiger partial charge is 0.250 e. The summed E-state index contributed by atoms with van der Waals surface area (Å²) >= 11 is 0. The fourth-order valence-corrected chi connectivity index (χ4v) is 2.12. The molecule has 1 unspecified atom stereocenters. The Balaban J connectivity index is 2.37. The van der Waals surface area contributed by atoms with Gasteiger partial charge in [0.2, 0.25) is 11.8 Å². The van der Waals surface area contributed by atoms with Crippen molar-refractivity contribution in [3.63, 3.8) is 0 Å². The van der Waals surface area contributed by atoms with Crippen molar-refractivity contribution < 1.29 is 22.8 Å². The van der Waals surface area contributed by atoms with E-state index in [9.17, 15) is 22.8 Å². The Hall–Kier alpha value is -2.05. The van der Waals surface area contributed by atoms with Crippen LogP contribution in [-0.2, 0) is 9.59 Å². The van der Waals surface area contributed by atoms with Crippen molar-refractivity contribution >= 4 is 17.5 Å². The van der Waals surface area contributed by atoms with Crippen LogP contribution in [0.3, 0.4) is 0 Å². The quantitative estimate of drug-likeness (QED) is 0.860. The van der Waals surface area contributed by atoms with Crippen LogP contribution < -0.4 is 10.2 Å². The fourth-order valence-electron chi connectivity index (χ4n) is 2.12. The van der Waals surface area contributed by atoms with Gasteiger partial charge in [-0.05, 0) is 6.42 Å². The second-order valence-electron chi connectivity index (χ2n) is 4.55. The van der Waals surface area contributed by atoms with Crippen LogP contribution in [0.4, 0.5) is 18.9 Å². The number of amides is 2. The Morgan fingerprint density at radius 2 is 1.85 bits per heavy atom. The number of anilines is 1. The molecular formula is C13H13F3N2O2. The molecule has 1 aromatic carbocycles. The standard InChI is InChI=1S/C13H13F3N2O2/c1-2-3-10-13(20)18(6-12(19)17-10)11-5-8(15)7(14)4-9(11)16/h4-5,10H,2-3,6H2,1H3,(H,17,19). The molecule has 1 atom stereocenters. The van der Waals surface area contributed by atoms with Crippen LogP contribution in [0.1, 0.15) is 19.8 Å². The molecule has 7 heteroatoms. The van der Waals surface area contributed by atoms with Gasteiger partial charge in [0, 0.05) is 12.1 Å². The lowest BCUT2D eigenvalue weighted by molar-refractivity contribution is -0.131. The Morgan fingerprint density at radius 1 is 1.20 bits per heavy atom. The van der Waals surface area contributed by atoms with Crippen LogP contribution in [0.15, 0.2) is 12.1 Å². The highest BCUT2D eigenvalue weighted by atomic mass is 19.2. The number of nitrogens with zero attached hydrogens (tertiary/aromatic N) is 1. The number of carbonyl (C=O) groups excluding carboxylic acids is 2. The Morgan fingerprint density at radius 3 is 2.50 bits per heavy atom. The van der Waals surface area contributed by atoms with Gasteiger partial charge in [-0.3, -0.25) is 14.5 Å². The number of benzene rings is 1. The van der Waals surface area contributed by atoms with Gasteiger partial charge >= 0.3 is 0 Å². The molecule has 0 aromatic heterocycles. The van der Waals surface area contributed by atoms with E-state index in [1.807, 2.05) is 6.92 Å². The van der Waals surface area contributed by atoms with Crippen LogP contribution in [0.5, 0.6) is 0 Å². The highest BCUT2D eigenvalue weighted by molar-refractivity contribution is 6.06. The first-order chi connectivity index (χ1) is 9.43. The monoisotopic (exact) mass is 286 g/mol. The van der Waals surface area contributed by atoms with E-state index in [1.165, 1.54) is 0 Å². The molecule has 1 N–H and O–H groups in total. The van der Waals surface area contributed by atoms with Gasteiger partial charge in [-0.15, -0.1) is 0 Å². The molecular weight excluding hydrogens is 273 g/mol. The molecule has 1 saturated heterocycles. The summed E-state index contributed by atoms with van der Waals surface area (Å²) in [6, 6.07) is 0.178. The molecule has 0 aliphatic carbocycles. The predicted molar refractivity (Wildman–Crippen MR) is 65.5 cm³/mol. The van der Waals surface area contributed by atoms with Gasteiger partial charge < -0.3 is 5.32 Å². The lowest BCUT2D eigenvalue weighted by Gasteiger charge is -2.32. The average Bonchev–Trinajstić information content (AvgIpc) is 2.38. The molecule has 4 nitrogen and oxygen atoms in total. The first-order valence-corrected chi connectivity index (χ1v) is 6.19. The summed E-state index contributed by atoms with van der Waals surface area (Å²) in [7, 11) is 0. The average molecular weight is 286 g/mol. The minimum Gasteiger partial charge on any atom is -0.343 e. The number of hydrogen-bond acceptors (Lipinski definition) is 2. The summed E-state index contributed by atoms with van der Waals surface area (Å²) in [5.74, 6) is -4.69. The fraction of sp³-hybridized carbons (Fsp3) is 0.385. The molecule has 2 rings (SSSR count). The minimum absolute atomic E-state index is 0.360. The van der Waals surface area contributed by atoms with Gasteiger partial charge in [0.15, 0.2) is 11.6 Å². The summed E-state index contributed by atoms with van der Waals surface area (Å²) in [5.41, 5.74) is -0.426. The van der Waals surface area contributed by atoms with Gasteiger partial charge in [-0.2, -0.15) is 0 Å². The number of rotatable bonds is 3. The lowest BCUT2D eigenvalue weighted by Crippen LogP contribution is -2.58. The van der Waals surface area contributed by atoms with Gasteiger partial charge in [0.25, 0.3) is 0 Å². The summed E-state index contributed by atoms with van der Waals surface area (Å²) in [6.07, 6.45) is 1.04. The van der Waals surface area contributed by atoms with Gasteiger partial charge in [-0.25, -0.2) is 13.2 Å². The third-order valence-electron chi connectivity index (χ3n) is 3.06. The summed E-state index contributed by atoms with van der Waals surface area (Å²) < 4.78 is 39.8. The largest absolute Gasteiger partial charge is 0.343 e. The molecule has 20 heavy (non-hydrogen) atoms. The third kappa shape index (κ3) is 2.61. The summed E-state index contributed by atoms with van der Waals surface area (Å²) in [4.78, 5) is 24.5. The highest BCUT2D eigenvalue weighted by Crippen LogP contribution is 2.25. The maximum absolute atomic E-state index is 13.7. The number of halogens is 3. The van der Waals surface area contributed by atoms with E-state index in [4.69, 9.17) is 0 Å². The molecule has 0 radical (unpaired) electrons. The van der Waals surface area contributed by atoms with Crippen molar-refractivity contribution in [2.24, 2.45) is 0 Å². The SMILES string of the molecule is CCCC1NC(=O)CN(c2cc(F)c(F)cc2F)C1=O. The van der Waals surface area contributed by atoms with E-state index < -0.39 is 47.5 Å². The zero-order valence-electron chi connectivity index (χ0n) is 10.8. The van der Waals surface area contributed by atoms with Crippen LogP contribution in [0.2, 0.25) is 0 Å². The molecule has 1 fully saturated rings. The van der Waals surface area contributed by atoms with Crippen LogP contribution >= 0.6 is 0 Å². The second-order valence-corrected chi connectivity index (χ2v) is 4.55. The molecule has 1 aromatic rings. The van der Waals surface area contributed by atoms with Crippen LogP contribution in [0.25, 0.3) is 0 Å². The summed E-state index contributed by atoms with van der Waals surface area (Å²) in [5, 5.41) is 2.49. The van der Waals surface area contributed by atoms with Gasteiger partial charge in [0.05, 0.1) is 5.69 Å². The third-order valence-corrected chi connectivity index (χ3v) is 3.06. The second kappa shape index (κ2) is 5.52. The van der Waals surface area contributed by atoms with Crippen molar-refractivity contribution in [2.45, 2.75) is 25.8 Å². The Labute approximate surface area is 113 Å². The van der Waals surface area contributed by atoms with E-state index >= 15 is 0 Å². The van der Waals surface area contributed by atoms with Crippen molar-refractivity contribution in [3.05, 3.63) is 29.6 Å². The predicted octanol–water partition coefficient (Wildman–Crippen LogP) is 1.74. The maximum Gasteiger partial charge on any atom is 0.250 e. The molecule has 1 aliphatic rings. The molecule has 108 valence electrons. The van der Waals surface area contributed by atoms with E-state index in [0.29, 0.717) is 25.0 Å². The van der Waals surface area contributed by atoms with Crippen molar-refractivity contribution in [2.75, 3.05) is 11.4 Å². The molecule has 0 saturated carbocycles. The molecule has 1 heterocycles. The van der Waals surface area contributed by atoms with Gasteiger partial charge in [-0.1, -0.05) is 13.3 Å². The topological polar surface area (TPSA) is 49.4 Å². The first-order valence-electron chi connectivity index (χ1n) is 6.19. The normalized spacial score (nSPS) is 19.2. The number of carbonyl (C=O) groups is 2. The number of piperazine rings is 1. The zero-order chi connectivity index (χ0) is 14.9. The molecule has 1 aliphatic heterocycles. The summed E-state index contributed by atoms with van der Waals surface area (Å²) in [6.45, 7) is 1.41. The first kappa shape index (κ1) is 14.4. The number of nitrogens with one attached hydrogen (secondary N) is 1. The molecule has 0 spiro atoms. The van der Waals surface area contributed by atoms with E-state index in [-0.39, 0.29) is 0 Å². The van der Waals surface area contributed by atoms with E-state index in [1.54, 1.807) is 0 Å². The number of hydrogen-bond donors (Lipinski definition) is 1. The Bertz CT molecular complexity index is 563.